The molecular formula is C13H20O. The Morgan fingerprint density at radius 2 is 2.14 bits per heavy atom. The second-order valence-electron chi connectivity index (χ2n) is 4.91. The van der Waals surface area contributed by atoms with Gasteiger partial charge in [-0.15, -0.1) is 0 Å². The minimum absolute atomic E-state index is 0.232. The molecule has 1 aliphatic rings. The number of Topliss-reactive ketones (excluding diaryl/α,β-unsaturated/α-hetero) is 1. The Labute approximate surface area is 86.9 Å². The van der Waals surface area contributed by atoms with Crippen molar-refractivity contribution in [3.63, 3.8) is 0 Å². The molecule has 0 N–H and O–H groups in total. The van der Waals surface area contributed by atoms with Crippen LogP contribution in [0.5, 0.6) is 0 Å². The Morgan fingerprint density at radius 1 is 1.50 bits per heavy atom. The number of carbonyl (C=O) groups excluding carboxylic acids is 1. The quantitative estimate of drug-likeness (QED) is 0.621. The average molecular weight is 192 g/mol. The van der Waals surface area contributed by atoms with E-state index in [-0.39, 0.29) is 5.41 Å². The van der Waals surface area contributed by atoms with Crippen molar-refractivity contribution in [1.82, 2.24) is 0 Å². The van der Waals surface area contributed by atoms with Crippen LogP contribution in [0, 0.1) is 5.41 Å². The number of ketones is 1. The second kappa shape index (κ2) is 4.12. The maximum Gasteiger partial charge on any atom is 0.133 e. The van der Waals surface area contributed by atoms with E-state index < -0.39 is 0 Å². The number of carbonyl (C=O) groups is 1. The van der Waals surface area contributed by atoms with E-state index in [1.807, 2.05) is 6.92 Å². The number of allylic oxidation sites excluding steroid dienone is 2. The third-order valence-electron chi connectivity index (χ3n) is 3.27. The molecule has 1 heteroatoms. The van der Waals surface area contributed by atoms with Crippen molar-refractivity contribution in [1.29, 1.82) is 0 Å². The van der Waals surface area contributed by atoms with Gasteiger partial charge in [0.2, 0.25) is 0 Å². The largest absolute Gasteiger partial charge is 0.300 e. The molecule has 1 nitrogen and oxygen atoms in total. The summed E-state index contributed by atoms with van der Waals surface area (Å²) in [4.78, 5) is 11.2. The first kappa shape index (κ1) is 11.2. The summed E-state index contributed by atoms with van der Waals surface area (Å²) in [5, 5.41) is 0. The summed E-state index contributed by atoms with van der Waals surface area (Å²) >= 11 is 0. The molecule has 0 radical (unpaired) electrons. The highest BCUT2D eigenvalue weighted by Crippen LogP contribution is 2.40. The van der Waals surface area contributed by atoms with Gasteiger partial charge < -0.3 is 0 Å². The summed E-state index contributed by atoms with van der Waals surface area (Å²) in [7, 11) is 0. The number of rotatable bonds is 4. The van der Waals surface area contributed by atoms with Crippen LogP contribution in [0.4, 0.5) is 0 Å². The minimum Gasteiger partial charge on any atom is -0.300 e. The van der Waals surface area contributed by atoms with Gasteiger partial charge in [0.1, 0.15) is 5.78 Å². The van der Waals surface area contributed by atoms with Crippen LogP contribution in [0.15, 0.2) is 24.3 Å². The van der Waals surface area contributed by atoms with Gasteiger partial charge in [-0.1, -0.05) is 31.2 Å². The van der Waals surface area contributed by atoms with Crippen molar-refractivity contribution in [3.05, 3.63) is 24.3 Å². The van der Waals surface area contributed by atoms with Gasteiger partial charge in [-0.3, -0.25) is 4.79 Å². The van der Waals surface area contributed by atoms with Gasteiger partial charge in [-0.25, -0.2) is 0 Å². The van der Waals surface area contributed by atoms with Crippen LogP contribution in [0.25, 0.3) is 0 Å². The van der Waals surface area contributed by atoms with Crippen molar-refractivity contribution in [2.24, 2.45) is 5.41 Å². The Morgan fingerprint density at radius 3 is 2.57 bits per heavy atom. The molecular weight excluding hydrogens is 172 g/mol. The maximum absolute atomic E-state index is 11.2. The van der Waals surface area contributed by atoms with E-state index in [9.17, 15) is 4.79 Å². The standard InChI is InChI=1S/C13H20O/c1-10(2)11(3)5-7-13(4)8-6-12(14)9-13/h1,3,5-9H2,2,4H3. The smallest absolute Gasteiger partial charge is 0.133 e. The molecule has 0 heterocycles. The van der Waals surface area contributed by atoms with Crippen LogP contribution in [-0.4, -0.2) is 5.78 Å². The summed E-state index contributed by atoms with van der Waals surface area (Å²) in [6.07, 6.45) is 4.64. The molecule has 0 aromatic carbocycles. The Balaban J connectivity index is 2.41. The van der Waals surface area contributed by atoms with Crippen molar-refractivity contribution >= 4 is 5.78 Å². The van der Waals surface area contributed by atoms with Crippen LogP contribution in [-0.2, 0) is 4.79 Å². The molecule has 0 saturated heterocycles. The molecule has 1 atom stereocenters. The zero-order valence-corrected chi connectivity index (χ0v) is 9.36. The van der Waals surface area contributed by atoms with Crippen LogP contribution in [0.2, 0.25) is 0 Å². The fraction of sp³-hybridized carbons (Fsp3) is 0.615. The lowest BCUT2D eigenvalue weighted by molar-refractivity contribution is -0.118. The van der Waals surface area contributed by atoms with Crippen molar-refractivity contribution in [2.45, 2.75) is 46.0 Å². The number of hydrogen-bond donors (Lipinski definition) is 0. The zero-order chi connectivity index (χ0) is 10.8. The molecule has 1 aliphatic carbocycles. The summed E-state index contributed by atoms with van der Waals surface area (Å²) in [6, 6.07) is 0. The maximum atomic E-state index is 11.2. The average Bonchev–Trinajstić information content (AvgIpc) is 2.43. The molecule has 1 unspecified atom stereocenters. The molecule has 0 aromatic heterocycles. The lowest BCUT2D eigenvalue weighted by Crippen LogP contribution is -2.12. The van der Waals surface area contributed by atoms with Crippen LogP contribution >= 0.6 is 0 Å². The highest BCUT2D eigenvalue weighted by atomic mass is 16.1. The fourth-order valence-electron chi connectivity index (χ4n) is 1.97. The highest BCUT2D eigenvalue weighted by Gasteiger charge is 2.33. The molecule has 14 heavy (non-hydrogen) atoms. The summed E-state index contributed by atoms with van der Waals surface area (Å²) in [5.41, 5.74) is 2.43. The molecule has 78 valence electrons. The molecule has 0 bridgehead atoms. The molecule has 0 spiro atoms. The lowest BCUT2D eigenvalue weighted by atomic mass is 9.82. The van der Waals surface area contributed by atoms with E-state index in [0.29, 0.717) is 5.78 Å². The first-order valence-corrected chi connectivity index (χ1v) is 5.28. The number of hydrogen-bond acceptors (Lipinski definition) is 1. The Kier molecular flexibility index (Phi) is 3.30. The van der Waals surface area contributed by atoms with Crippen molar-refractivity contribution in [3.8, 4) is 0 Å². The van der Waals surface area contributed by atoms with Gasteiger partial charge in [-0.05, 0) is 31.6 Å². The van der Waals surface area contributed by atoms with Crippen LogP contribution in [0.3, 0.4) is 0 Å². The molecule has 1 rings (SSSR count). The lowest BCUT2D eigenvalue weighted by Gasteiger charge is -2.22. The third kappa shape index (κ3) is 2.83. The summed E-state index contributed by atoms with van der Waals surface area (Å²) < 4.78 is 0. The Bertz CT molecular complexity index is 275. The second-order valence-corrected chi connectivity index (χ2v) is 4.91. The zero-order valence-electron chi connectivity index (χ0n) is 9.36. The fourth-order valence-corrected chi connectivity index (χ4v) is 1.97. The van der Waals surface area contributed by atoms with E-state index in [4.69, 9.17) is 0 Å². The van der Waals surface area contributed by atoms with E-state index >= 15 is 0 Å². The van der Waals surface area contributed by atoms with Gasteiger partial charge in [0.05, 0.1) is 0 Å². The topological polar surface area (TPSA) is 17.1 Å². The molecule has 1 saturated carbocycles. The van der Waals surface area contributed by atoms with Crippen LogP contribution < -0.4 is 0 Å². The first-order chi connectivity index (χ1) is 6.43. The van der Waals surface area contributed by atoms with E-state index in [1.165, 1.54) is 0 Å². The van der Waals surface area contributed by atoms with E-state index in [2.05, 4.69) is 20.1 Å². The molecule has 0 aliphatic heterocycles. The van der Waals surface area contributed by atoms with Gasteiger partial charge in [0.15, 0.2) is 0 Å². The predicted octanol–water partition coefficient (Wildman–Crippen LogP) is 3.66. The van der Waals surface area contributed by atoms with Crippen LogP contribution in [0.1, 0.15) is 46.0 Å². The molecule has 0 aromatic rings. The minimum atomic E-state index is 0.232. The highest BCUT2D eigenvalue weighted by molar-refractivity contribution is 5.81. The monoisotopic (exact) mass is 192 g/mol. The molecule has 0 amide bonds. The predicted molar refractivity (Wildman–Crippen MR) is 60.2 cm³/mol. The summed E-state index contributed by atoms with van der Waals surface area (Å²) in [6.45, 7) is 12.1. The van der Waals surface area contributed by atoms with Gasteiger partial charge in [0.25, 0.3) is 0 Å². The van der Waals surface area contributed by atoms with Crippen molar-refractivity contribution in [2.75, 3.05) is 0 Å². The first-order valence-electron chi connectivity index (χ1n) is 5.28. The van der Waals surface area contributed by atoms with Gasteiger partial charge >= 0.3 is 0 Å². The Hall–Kier alpha value is -0.850. The summed E-state index contributed by atoms with van der Waals surface area (Å²) in [5.74, 6) is 0.424. The normalized spacial score (nSPS) is 26.6. The van der Waals surface area contributed by atoms with E-state index in [1.54, 1.807) is 0 Å². The molecule has 1 fully saturated rings. The van der Waals surface area contributed by atoms with Gasteiger partial charge in [0, 0.05) is 12.8 Å². The third-order valence-corrected chi connectivity index (χ3v) is 3.27. The SMILES string of the molecule is C=C(C)C(=C)CCC1(C)CCC(=O)C1. The van der Waals surface area contributed by atoms with E-state index in [0.717, 1.165) is 43.3 Å². The van der Waals surface area contributed by atoms with Crippen molar-refractivity contribution < 1.29 is 4.79 Å². The van der Waals surface area contributed by atoms with Gasteiger partial charge in [-0.2, -0.15) is 0 Å².